The fraction of sp³-hybridized carbons (Fsp3) is 0.381. The summed E-state index contributed by atoms with van der Waals surface area (Å²) in [4.78, 5) is 2.65. The highest BCUT2D eigenvalue weighted by Crippen LogP contribution is 2.23. The fourth-order valence-electron chi connectivity index (χ4n) is 3.27. The zero-order chi connectivity index (χ0) is 20.0. The molecule has 0 saturated heterocycles. The Morgan fingerprint density at radius 3 is 2.46 bits per heavy atom. The molecule has 2 N–H and O–H groups in total. The number of benzene rings is 2. The number of sulfonamides is 1. The Morgan fingerprint density at radius 1 is 1.07 bits per heavy atom. The average molecular weight is 402 g/mol. The molecule has 0 spiro atoms. The lowest BCUT2D eigenvalue weighted by atomic mass is 9.87. The molecule has 28 heavy (non-hydrogen) atoms. The lowest BCUT2D eigenvalue weighted by molar-refractivity contribution is 0.415. The summed E-state index contributed by atoms with van der Waals surface area (Å²) in [6, 6.07) is 14.5. The minimum Gasteiger partial charge on any atom is -0.497 e. The number of hydrogen-bond donors (Lipinski definition) is 2. The Balaban J connectivity index is 1.65. The molecule has 2 aromatic rings. The first-order valence-corrected chi connectivity index (χ1v) is 11.0. The van der Waals surface area contributed by atoms with E-state index in [1.54, 1.807) is 31.4 Å². The molecule has 0 radical (unpaired) electrons. The molecule has 0 heterocycles. The number of hydrogen-bond acceptors (Lipinski definition) is 5. The molecule has 3 rings (SSSR count). The van der Waals surface area contributed by atoms with Crippen LogP contribution >= 0.6 is 0 Å². The lowest BCUT2D eigenvalue weighted by Gasteiger charge is -2.24. The minimum absolute atomic E-state index is 0.205. The predicted octanol–water partition coefficient (Wildman–Crippen LogP) is 3.94. The number of anilines is 1. The van der Waals surface area contributed by atoms with Gasteiger partial charge in [-0.05, 0) is 62.6 Å². The molecule has 1 saturated carbocycles. The zero-order valence-corrected chi connectivity index (χ0v) is 17.1. The van der Waals surface area contributed by atoms with Gasteiger partial charge in [-0.2, -0.15) is 13.5 Å². The van der Waals surface area contributed by atoms with Crippen molar-refractivity contribution in [2.45, 2.75) is 37.5 Å². The Bertz CT molecular complexity index is 907. The van der Waals surface area contributed by atoms with Crippen LogP contribution in [0.3, 0.4) is 0 Å². The molecule has 1 atom stereocenters. The molecule has 0 aliphatic heterocycles. The van der Waals surface area contributed by atoms with Crippen LogP contribution in [0, 0.1) is 12.8 Å². The summed E-state index contributed by atoms with van der Waals surface area (Å²) in [6.07, 6.45) is 3.96. The smallest absolute Gasteiger partial charge is 0.276 e. The van der Waals surface area contributed by atoms with Crippen molar-refractivity contribution >= 4 is 21.4 Å². The van der Waals surface area contributed by atoms with Crippen LogP contribution in [0.2, 0.25) is 0 Å². The van der Waals surface area contributed by atoms with Crippen LogP contribution in [-0.4, -0.2) is 27.8 Å². The van der Waals surface area contributed by atoms with E-state index in [4.69, 9.17) is 4.74 Å². The SMILES string of the molecule is COc1ccc(NC[C@@H]2CCCC/C2=N\NS(=O)(=O)c2ccc(C)cc2)cc1. The molecule has 0 unspecified atom stereocenters. The van der Waals surface area contributed by atoms with Crippen LogP contribution in [0.25, 0.3) is 0 Å². The van der Waals surface area contributed by atoms with E-state index in [0.29, 0.717) is 0 Å². The second-order valence-corrected chi connectivity index (χ2v) is 8.72. The van der Waals surface area contributed by atoms with Crippen LogP contribution in [0.4, 0.5) is 5.69 Å². The van der Waals surface area contributed by atoms with Crippen LogP contribution in [0.15, 0.2) is 58.5 Å². The molecule has 150 valence electrons. The van der Waals surface area contributed by atoms with Crippen molar-refractivity contribution in [1.82, 2.24) is 4.83 Å². The monoisotopic (exact) mass is 401 g/mol. The maximum atomic E-state index is 12.5. The van der Waals surface area contributed by atoms with Gasteiger partial charge >= 0.3 is 0 Å². The molecular weight excluding hydrogens is 374 g/mol. The molecule has 1 aliphatic carbocycles. The Kier molecular flexibility index (Phi) is 6.57. The van der Waals surface area contributed by atoms with Gasteiger partial charge in [0, 0.05) is 23.9 Å². The molecule has 1 fully saturated rings. The molecule has 7 heteroatoms. The minimum atomic E-state index is -3.65. The van der Waals surface area contributed by atoms with Gasteiger partial charge in [0.15, 0.2) is 0 Å². The maximum absolute atomic E-state index is 12.5. The number of aryl methyl sites for hydroxylation is 1. The molecule has 0 aromatic heterocycles. The van der Waals surface area contributed by atoms with Crippen LogP contribution in [-0.2, 0) is 10.0 Å². The van der Waals surface area contributed by atoms with Gasteiger partial charge in [0.25, 0.3) is 10.0 Å². The van der Waals surface area contributed by atoms with Crippen molar-refractivity contribution in [2.24, 2.45) is 11.0 Å². The molecule has 2 aromatic carbocycles. The second-order valence-electron chi connectivity index (χ2n) is 7.06. The predicted molar refractivity (Wildman–Crippen MR) is 112 cm³/mol. The third-order valence-electron chi connectivity index (χ3n) is 4.99. The molecule has 0 bridgehead atoms. The van der Waals surface area contributed by atoms with E-state index in [2.05, 4.69) is 15.2 Å². The van der Waals surface area contributed by atoms with Crippen LogP contribution in [0.1, 0.15) is 31.2 Å². The normalized spacial score (nSPS) is 18.6. The summed E-state index contributed by atoms with van der Waals surface area (Å²) < 4.78 is 30.1. The van der Waals surface area contributed by atoms with E-state index in [9.17, 15) is 8.42 Å². The summed E-state index contributed by atoms with van der Waals surface area (Å²) in [6.45, 7) is 2.64. The third kappa shape index (κ3) is 5.25. The van der Waals surface area contributed by atoms with Gasteiger partial charge in [-0.15, -0.1) is 0 Å². The average Bonchev–Trinajstić information content (AvgIpc) is 2.72. The van der Waals surface area contributed by atoms with Crippen molar-refractivity contribution < 1.29 is 13.2 Å². The van der Waals surface area contributed by atoms with E-state index in [1.165, 1.54) is 0 Å². The summed E-state index contributed by atoms with van der Waals surface area (Å²) in [5, 5.41) is 7.71. The van der Waals surface area contributed by atoms with Gasteiger partial charge in [0.2, 0.25) is 0 Å². The van der Waals surface area contributed by atoms with Crippen molar-refractivity contribution in [3.63, 3.8) is 0 Å². The van der Waals surface area contributed by atoms with Gasteiger partial charge in [0.1, 0.15) is 5.75 Å². The fourth-order valence-corrected chi connectivity index (χ4v) is 4.11. The number of rotatable bonds is 7. The number of methoxy groups -OCH3 is 1. The van der Waals surface area contributed by atoms with E-state index in [-0.39, 0.29) is 10.8 Å². The van der Waals surface area contributed by atoms with Gasteiger partial charge in [-0.25, -0.2) is 4.83 Å². The summed E-state index contributed by atoms with van der Waals surface area (Å²) in [5.74, 6) is 1.02. The molecular formula is C21H27N3O3S. The van der Waals surface area contributed by atoms with Gasteiger partial charge in [-0.3, -0.25) is 0 Å². The van der Waals surface area contributed by atoms with Crippen molar-refractivity contribution in [1.29, 1.82) is 0 Å². The van der Waals surface area contributed by atoms with Crippen molar-refractivity contribution in [2.75, 3.05) is 19.0 Å². The largest absolute Gasteiger partial charge is 0.497 e. The standard InChI is InChI=1S/C21H27N3O3S/c1-16-7-13-20(14-8-16)28(25,26)24-23-21-6-4-3-5-17(21)15-22-18-9-11-19(27-2)12-10-18/h7-14,17,22,24H,3-6,15H2,1-2H3/b23-21+/t17-/m0/s1. The van der Waals surface area contributed by atoms with Gasteiger partial charge < -0.3 is 10.1 Å². The van der Waals surface area contributed by atoms with E-state index in [1.807, 2.05) is 31.2 Å². The number of nitrogens with zero attached hydrogens (tertiary/aromatic N) is 1. The first-order valence-electron chi connectivity index (χ1n) is 9.51. The molecule has 0 amide bonds. The zero-order valence-electron chi connectivity index (χ0n) is 16.3. The van der Waals surface area contributed by atoms with E-state index in [0.717, 1.165) is 54.9 Å². The summed E-state index contributed by atoms with van der Waals surface area (Å²) in [5.41, 5.74) is 2.93. The molecule has 1 aliphatic rings. The Morgan fingerprint density at radius 2 is 1.79 bits per heavy atom. The first-order chi connectivity index (χ1) is 13.5. The topological polar surface area (TPSA) is 79.8 Å². The number of hydrazone groups is 1. The third-order valence-corrected chi connectivity index (χ3v) is 6.21. The summed E-state index contributed by atoms with van der Waals surface area (Å²) in [7, 11) is -2.00. The quantitative estimate of drug-likeness (QED) is 0.689. The second kappa shape index (κ2) is 9.10. The van der Waals surface area contributed by atoms with Gasteiger partial charge in [-0.1, -0.05) is 24.1 Å². The van der Waals surface area contributed by atoms with E-state index < -0.39 is 10.0 Å². The highest BCUT2D eigenvalue weighted by atomic mass is 32.2. The first kappa shape index (κ1) is 20.2. The highest BCUT2D eigenvalue weighted by Gasteiger charge is 2.22. The van der Waals surface area contributed by atoms with Crippen LogP contribution in [0.5, 0.6) is 5.75 Å². The number of ether oxygens (including phenoxy) is 1. The summed E-state index contributed by atoms with van der Waals surface area (Å²) >= 11 is 0. The van der Waals surface area contributed by atoms with E-state index >= 15 is 0 Å². The van der Waals surface area contributed by atoms with Gasteiger partial charge in [0.05, 0.1) is 12.0 Å². The van der Waals surface area contributed by atoms with Crippen LogP contribution < -0.4 is 14.9 Å². The Hall–Kier alpha value is -2.54. The lowest BCUT2D eigenvalue weighted by Crippen LogP contribution is -2.30. The number of nitrogens with one attached hydrogen (secondary N) is 2. The maximum Gasteiger partial charge on any atom is 0.276 e. The molecule has 6 nitrogen and oxygen atoms in total. The van der Waals surface area contributed by atoms with Crippen molar-refractivity contribution in [3.05, 3.63) is 54.1 Å². The highest BCUT2D eigenvalue weighted by molar-refractivity contribution is 7.89. The van der Waals surface area contributed by atoms with Crippen molar-refractivity contribution in [3.8, 4) is 5.75 Å². The Labute approximate surface area is 167 Å².